The van der Waals surface area contributed by atoms with E-state index in [2.05, 4.69) is 6.92 Å². The minimum Gasteiger partial charge on any atom is -0.497 e. The number of benzene rings is 1. The van der Waals surface area contributed by atoms with Gasteiger partial charge in [0.2, 0.25) is 0 Å². The average molecular weight is 296 g/mol. The van der Waals surface area contributed by atoms with Gasteiger partial charge in [-0.25, -0.2) is 0 Å². The van der Waals surface area contributed by atoms with Crippen molar-refractivity contribution < 1.29 is 24.4 Å². The Bertz CT molecular complexity index is 420. The van der Waals surface area contributed by atoms with Crippen LogP contribution in [-0.4, -0.2) is 64.2 Å². The smallest absolute Gasteiger partial charge is 0.137 e. The van der Waals surface area contributed by atoms with E-state index in [-0.39, 0.29) is 0 Å². The second kappa shape index (κ2) is 8.22. The highest BCUT2D eigenvalue weighted by Gasteiger charge is 2.23. The summed E-state index contributed by atoms with van der Waals surface area (Å²) in [6, 6.07) is 7.48. The van der Waals surface area contributed by atoms with E-state index in [0.29, 0.717) is 6.61 Å². The first kappa shape index (κ1) is 16.1. The summed E-state index contributed by atoms with van der Waals surface area (Å²) in [5.41, 5.74) is 0. The zero-order valence-corrected chi connectivity index (χ0v) is 13.1. The Morgan fingerprint density at radius 3 is 2.48 bits per heavy atom. The molecule has 1 aromatic rings. The lowest BCUT2D eigenvalue weighted by Gasteiger charge is -2.30. The number of rotatable bonds is 7. The van der Waals surface area contributed by atoms with Crippen LogP contribution in [0, 0.1) is 0 Å². The van der Waals surface area contributed by atoms with Crippen LogP contribution in [0.2, 0.25) is 0 Å². The van der Waals surface area contributed by atoms with Crippen molar-refractivity contribution >= 4 is 0 Å². The summed E-state index contributed by atoms with van der Waals surface area (Å²) in [6.45, 7) is 9.22. The SMILES string of the molecule is CC[NH+]1CC[NH+](CC(O)COc2cccc(OC)c2)CC1. The average Bonchev–Trinajstić information content (AvgIpc) is 2.54. The van der Waals surface area contributed by atoms with Crippen molar-refractivity contribution in [2.75, 3.05) is 53.0 Å². The molecule has 3 N–H and O–H groups in total. The first-order valence-electron chi connectivity index (χ1n) is 7.83. The molecule has 5 nitrogen and oxygen atoms in total. The van der Waals surface area contributed by atoms with Gasteiger partial charge in [-0.1, -0.05) is 6.07 Å². The van der Waals surface area contributed by atoms with Crippen LogP contribution in [0.25, 0.3) is 0 Å². The van der Waals surface area contributed by atoms with Crippen molar-refractivity contribution in [3.05, 3.63) is 24.3 Å². The van der Waals surface area contributed by atoms with Crippen LogP contribution in [0.15, 0.2) is 24.3 Å². The van der Waals surface area contributed by atoms with E-state index in [0.717, 1.165) is 31.1 Å². The molecule has 0 radical (unpaired) electrons. The van der Waals surface area contributed by atoms with Crippen molar-refractivity contribution in [2.45, 2.75) is 13.0 Å². The van der Waals surface area contributed by atoms with E-state index in [4.69, 9.17) is 9.47 Å². The van der Waals surface area contributed by atoms with Crippen LogP contribution in [0.3, 0.4) is 0 Å². The molecule has 1 unspecified atom stereocenters. The zero-order chi connectivity index (χ0) is 15.1. The van der Waals surface area contributed by atoms with Gasteiger partial charge in [-0.3, -0.25) is 0 Å². The van der Waals surface area contributed by atoms with E-state index in [1.165, 1.54) is 24.5 Å². The summed E-state index contributed by atoms with van der Waals surface area (Å²) < 4.78 is 10.8. The van der Waals surface area contributed by atoms with Gasteiger partial charge in [0, 0.05) is 6.07 Å². The Morgan fingerprint density at radius 2 is 1.81 bits per heavy atom. The maximum Gasteiger partial charge on any atom is 0.137 e. The van der Waals surface area contributed by atoms with E-state index in [9.17, 15) is 5.11 Å². The number of aliphatic hydroxyl groups is 1. The number of ether oxygens (including phenoxy) is 2. The third kappa shape index (κ3) is 5.19. The number of piperazine rings is 1. The monoisotopic (exact) mass is 296 g/mol. The molecule has 0 bridgehead atoms. The molecule has 0 amide bonds. The summed E-state index contributed by atoms with van der Waals surface area (Å²) >= 11 is 0. The molecule has 118 valence electrons. The lowest BCUT2D eigenvalue weighted by Crippen LogP contribution is -3.28. The zero-order valence-electron chi connectivity index (χ0n) is 13.1. The lowest BCUT2D eigenvalue weighted by molar-refractivity contribution is -1.01. The predicted octanol–water partition coefficient (Wildman–Crippen LogP) is -1.76. The van der Waals surface area contributed by atoms with Gasteiger partial charge in [-0.2, -0.15) is 0 Å². The molecule has 0 aliphatic carbocycles. The molecule has 0 saturated carbocycles. The molecular weight excluding hydrogens is 268 g/mol. The highest BCUT2D eigenvalue weighted by molar-refractivity contribution is 5.32. The molecule has 0 aromatic heterocycles. The summed E-state index contributed by atoms with van der Waals surface area (Å²) in [6.07, 6.45) is -0.422. The molecule has 1 atom stereocenters. The maximum atomic E-state index is 10.1. The molecule has 1 aliphatic heterocycles. The number of hydrogen-bond donors (Lipinski definition) is 3. The number of hydrogen-bond acceptors (Lipinski definition) is 3. The maximum absolute atomic E-state index is 10.1. The molecule has 0 spiro atoms. The van der Waals surface area contributed by atoms with Crippen LogP contribution < -0.4 is 19.3 Å². The summed E-state index contributed by atoms with van der Waals surface area (Å²) in [4.78, 5) is 3.15. The van der Waals surface area contributed by atoms with Gasteiger partial charge in [-0.05, 0) is 19.1 Å². The molecule has 1 aliphatic rings. The highest BCUT2D eigenvalue weighted by Crippen LogP contribution is 2.18. The first-order chi connectivity index (χ1) is 10.2. The Balaban J connectivity index is 1.71. The van der Waals surface area contributed by atoms with Crippen LogP contribution >= 0.6 is 0 Å². The third-order valence-corrected chi connectivity index (χ3v) is 4.17. The van der Waals surface area contributed by atoms with Gasteiger partial charge < -0.3 is 24.4 Å². The molecule has 1 heterocycles. The van der Waals surface area contributed by atoms with Gasteiger partial charge in [0.15, 0.2) is 0 Å². The topological polar surface area (TPSA) is 47.6 Å². The standard InChI is InChI=1S/C16H26N2O3/c1-3-17-7-9-18(10-8-17)12-14(19)13-21-16-6-4-5-15(11-16)20-2/h4-6,11,14,19H,3,7-10,12-13H2,1-2H3/p+2. The fourth-order valence-electron chi connectivity index (χ4n) is 2.79. The van der Waals surface area contributed by atoms with Gasteiger partial charge in [0.05, 0.1) is 13.7 Å². The van der Waals surface area contributed by atoms with E-state index in [1.54, 1.807) is 12.0 Å². The molecule has 1 fully saturated rings. The van der Waals surface area contributed by atoms with Crippen molar-refractivity contribution in [2.24, 2.45) is 0 Å². The fraction of sp³-hybridized carbons (Fsp3) is 0.625. The molecule has 2 rings (SSSR count). The van der Waals surface area contributed by atoms with Crippen LogP contribution in [-0.2, 0) is 0 Å². The fourth-order valence-corrected chi connectivity index (χ4v) is 2.79. The number of nitrogens with one attached hydrogen (secondary N) is 2. The van der Waals surface area contributed by atoms with Crippen LogP contribution in [0.1, 0.15) is 6.92 Å². The summed E-state index contributed by atoms with van der Waals surface area (Å²) in [7, 11) is 1.63. The number of likely N-dealkylation sites (N-methyl/N-ethyl adjacent to an activating group) is 1. The Morgan fingerprint density at radius 1 is 1.14 bits per heavy atom. The lowest BCUT2D eigenvalue weighted by atomic mass is 10.2. The minimum atomic E-state index is -0.422. The van der Waals surface area contributed by atoms with E-state index < -0.39 is 6.10 Å². The quantitative estimate of drug-likeness (QED) is 0.559. The first-order valence-corrected chi connectivity index (χ1v) is 7.83. The minimum absolute atomic E-state index is 0.334. The molecule has 1 saturated heterocycles. The van der Waals surface area contributed by atoms with Crippen molar-refractivity contribution in [3.63, 3.8) is 0 Å². The van der Waals surface area contributed by atoms with E-state index in [1.807, 2.05) is 24.3 Å². The third-order valence-electron chi connectivity index (χ3n) is 4.17. The van der Waals surface area contributed by atoms with Crippen molar-refractivity contribution in [1.82, 2.24) is 0 Å². The Kier molecular flexibility index (Phi) is 6.29. The summed E-state index contributed by atoms with van der Waals surface area (Å²) in [5.74, 6) is 1.51. The second-order valence-electron chi connectivity index (χ2n) is 5.70. The molecule has 5 heteroatoms. The predicted molar refractivity (Wildman–Crippen MR) is 81.3 cm³/mol. The molecule has 21 heavy (non-hydrogen) atoms. The van der Waals surface area contributed by atoms with Crippen LogP contribution in [0.4, 0.5) is 0 Å². The summed E-state index contributed by atoms with van der Waals surface area (Å²) in [5, 5.41) is 10.1. The molecule has 1 aromatic carbocycles. The Hall–Kier alpha value is -1.30. The number of quaternary nitrogens is 2. The highest BCUT2D eigenvalue weighted by atomic mass is 16.5. The van der Waals surface area contributed by atoms with Crippen molar-refractivity contribution in [3.8, 4) is 11.5 Å². The van der Waals surface area contributed by atoms with Gasteiger partial charge in [0.1, 0.15) is 56.9 Å². The second-order valence-corrected chi connectivity index (χ2v) is 5.70. The number of aliphatic hydroxyl groups excluding tert-OH is 1. The largest absolute Gasteiger partial charge is 0.497 e. The van der Waals surface area contributed by atoms with Crippen LogP contribution in [0.5, 0.6) is 11.5 Å². The number of methoxy groups -OCH3 is 1. The normalized spacial score (nSPS) is 23.6. The van der Waals surface area contributed by atoms with Gasteiger partial charge in [0.25, 0.3) is 0 Å². The van der Waals surface area contributed by atoms with E-state index >= 15 is 0 Å². The Labute approximate surface area is 127 Å². The van der Waals surface area contributed by atoms with Gasteiger partial charge >= 0.3 is 0 Å². The van der Waals surface area contributed by atoms with Gasteiger partial charge in [-0.15, -0.1) is 0 Å². The van der Waals surface area contributed by atoms with Crippen molar-refractivity contribution in [1.29, 1.82) is 0 Å². The molecular formula is C16H28N2O3+2.